The van der Waals surface area contributed by atoms with Crippen LogP contribution in [0.2, 0.25) is 0 Å². The van der Waals surface area contributed by atoms with Crippen molar-refractivity contribution in [1.82, 2.24) is 14.9 Å². The lowest BCUT2D eigenvalue weighted by Crippen LogP contribution is -2.51. The maximum Gasteiger partial charge on any atom is 0.121 e. The van der Waals surface area contributed by atoms with Crippen LogP contribution in [0.5, 0.6) is 0 Å². The van der Waals surface area contributed by atoms with Gasteiger partial charge in [0.05, 0.1) is 23.7 Å². The zero-order chi connectivity index (χ0) is 13.2. The first-order chi connectivity index (χ1) is 9.26. The van der Waals surface area contributed by atoms with Gasteiger partial charge in [0, 0.05) is 26.2 Å². The molecule has 1 saturated heterocycles. The molecule has 2 heterocycles. The summed E-state index contributed by atoms with van der Waals surface area (Å²) < 4.78 is 5.43. The van der Waals surface area contributed by atoms with Gasteiger partial charge in [-0.15, -0.1) is 0 Å². The molecule has 1 aromatic heterocycles. The number of methoxy groups -OCH3 is 1. The fraction of sp³-hybridized carbons (Fsp3) is 0.500. The number of nitrogens with zero attached hydrogens (tertiary/aromatic N) is 2. The molecule has 0 radical (unpaired) electrons. The number of aromatic nitrogens is 2. The van der Waals surface area contributed by atoms with E-state index in [1.54, 1.807) is 7.11 Å². The summed E-state index contributed by atoms with van der Waals surface area (Å²) in [5, 5.41) is 0. The summed E-state index contributed by atoms with van der Waals surface area (Å²) in [6, 6.07) is 8.26. The molecule has 5 heteroatoms. The predicted octanol–water partition coefficient (Wildman–Crippen LogP) is 1.11. The van der Waals surface area contributed by atoms with Gasteiger partial charge in [-0.1, -0.05) is 12.1 Å². The molecule has 2 aromatic rings. The Bertz CT molecular complexity index is 520. The number of hydrogen-bond acceptors (Lipinski definition) is 4. The lowest BCUT2D eigenvalue weighted by atomic mass is 10.0. The molecule has 1 aliphatic rings. The van der Waals surface area contributed by atoms with Gasteiger partial charge in [-0.2, -0.15) is 0 Å². The molecule has 2 atom stereocenters. The molecule has 0 aliphatic carbocycles. The van der Waals surface area contributed by atoms with Crippen LogP contribution < -0.4 is 5.73 Å². The molecule has 0 spiro atoms. The lowest BCUT2D eigenvalue weighted by Gasteiger charge is -2.35. The summed E-state index contributed by atoms with van der Waals surface area (Å²) in [6.45, 7) is 2.69. The van der Waals surface area contributed by atoms with E-state index < -0.39 is 0 Å². The van der Waals surface area contributed by atoms with Crippen molar-refractivity contribution < 1.29 is 4.74 Å². The van der Waals surface area contributed by atoms with Gasteiger partial charge in [0.1, 0.15) is 5.82 Å². The fourth-order valence-corrected chi connectivity index (χ4v) is 2.68. The van der Waals surface area contributed by atoms with E-state index in [9.17, 15) is 0 Å². The van der Waals surface area contributed by atoms with Crippen molar-refractivity contribution in [2.24, 2.45) is 5.73 Å². The number of fused-ring (bicyclic) bond motifs is 1. The summed E-state index contributed by atoms with van der Waals surface area (Å²) in [6.07, 6.45) is 1.09. The molecule has 1 fully saturated rings. The highest BCUT2D eigenvalue weighted by Gasteiger charge is 2.26. The Labute approximate surface area is 112 Å². The van der Waals surface area contributed by atoms with Gasteiger partial charge >= 0.3 is 0 Å². The van der Waals surface area contributed by atoms with Crippen LogP contribution in [0.15, 0.2) is 24.3 Å². The van der Waals surface area contributed by atoms with Crippen LogP contribution in [-0.4, -0.2) is 47.2 Å². The zero-order valence-electron chi connectivity index (χ0n) is 11.2. The standard InChI is InChI=1S/C14H20N4O/c1-19-13-8-18(7-6-10(13)15)9-14-16-11-4-2-3-5-12(11)17-14/h2-5,10,13H,6-9,15H2,1H3,(H,16,17). The maximum absolute atomic E-state index is 6.03. The van der Waals surface area contributed by atoms with Crippen LogP contribution in [0.4, 0.5) is 0 Å². The van der Waals surface area contributed by atoms with E-state index in [0.717, 1.165) is 42.9 Å². The van der Waals surface area contributed by atoms with E-state index >= 15 is 0 Å². The summed E-state index contributed by atoms with van der Waals surface area (Å²) in [5.41, 5.74) is 8.15. The number of aromatic amines is 1. The van der Waals surface area contributed by atoms with E-state index in [4.69, 9.17) is 10.5 Å². The number of ether oxygens (including phenoxy) is 1. The predicted molar refractivity (Wildman–Crippen MR) is 74.8 cm³/mol. The highest BCUT2D eigenvalue weighted by atomic mass is 16.5. The normalized spacial score (nSPS) is 24.9. The van der Waals surface area contributed by atoms with Gasteiger partial charge in [-0.05, 0) is 18.6 Å². The molecule has 1 aliphatic heterocycles. The third-order valence-electron chi connectivity index (χ3n) is 3.81. The van der Waals surface area contributed by atoms with Crippen molar-refractivity contribution in [3.05, 3.63) is 30.1 Å². The first kappa shape index (κ1) is 12.6. The Morgan fingerprint density at radius 3 is 3.11 bits per heavy atom. The molecular formula is C14H20N4O. The van der Waals surface area contributed by atoms with Crippen molar-refractivity contribution in [3.63, 3.8) is 0 Å². The Morgan fingerprint density at radius 1 is 1.47 bits per heavy atom. The van der Waals surface area contributed by atoms with Crippen LogP contribution in [0.25, 0.3) is 11.0 Å². The topological polar surface area (TPSA) is 67.2 Å². The van der Waals surface area contributed by atoms with E-state index in [1.807, 2.05) is 18.2 Å². The van der Waals surface area contributed by atoms with Gasteiger partial charge in [0.2, 0.25) is 0 Å². The maximum atomic E-state index is 6.03. The summed E-state index contributed by atoms with van der Waals surface area (Å²) in [7, 11) is 1.73. The molecule has 102 valence electrons. The summed E-state index contributed by atoms with van der Waals surface area (Å²) in [4.78, 5) is 10.3. The molecule has 5 nitrogen and oxygen atoms in total. The van der Waals surface area contributed by atoms with E-state index in [-0.39, 0.29) is 12.1 Å². The van der Waals surface area contributed by atoms with Gasteiger partial charge in [-0.3, -0.25) is 4.90 Å². The van der Waals surface area contributed by atoms with Crippen molar-refractivity contribution in [3.8, 4) is 0 Å². The molecule has 1 aromatic carbocycles. The second kappa shape index (κ2) is 5.28. The first-order valence-electron chi connectivity index (χ1n) is 6.70. The van der Waals surface area contributed by atoms with Gasteiger partial charge in [-0.25, -0.2) is 4.98 Å². The molecule has 19 heavy (non-hydrogen) atoms. The zero-order valence-corrected chi connectivity index (χ0v) is 11.2. The number of rotatable bonds is 3. The average Bonchev–Trinajstić information content (AvgIpc) is 2.83. The Morgan fingerprint density at radius 2 is 2.32 bits per heavy atom. The number of nitrogens with one attached hydrogen (secondary N) is 1. The van der Waals surface area contributed by atoms with E-state index in [1.165, 1.54) is 0 Å². The van der Waals surface area contributed by atoms with Crippen molar-refractivity contribution in [1.29, 1.82) is 0 Å². The average molecular weight is 260 g/mol. The van der Waals surface area contributed by atoms with Crippen molar-refractivity contribution >= 4 is 11.0 Å². The number of imidazole rings is 1. The molecule has 3 N–H and O–H groups in total. The summed E-state index contributed by atoms with van der Waals surface area (Å²) in [5.74, 6) is 1.01. The highest BCUT2D eigenvalue weighted by molar-refractivity contribution is 5.74. The second-order valence-electron chi connectivity index (χ2n) is 5.16. The van der Waals surface area contributed by atoms with Crippen LogP contribution in [0, 0.1) is 0 Å². The molecule has 3 rings (SSSR count). The largest absolute Gasteiger partial charge is 0.379 e. The highest BCUT2D eigenvalue weighted by Crippen LogP contribution is 2.16. The molecular weight excluding hydrogens is 240 g/mol. The van der Waals surface area contributed by atoms with Gasteiger partial charge < -0.3 is 15.5 Å². The minimum atomic E-state index is 0.123. The molecule has 0 amide bonds. The number of nitrogens with two attached hydrogens (primary N) is 1. The second-order valence-corrected chi connectivity index (χ2v) is 5.16. The number of H-pyrrole nitrogens is 1. The molecule has 0 bridgehead atoms. The Hall–Kier alpha value is -1.43. The lowest BCUT2D eigenvalue weighted by molar-refractivity contribution is 0.0133. The van der Waals surface area contributed by atoms with Crippen LogP contribution in [0.3, 0.4) is 0 Å². The fourth-order valence-electron chi connectivity index (χ4n) is 2.68. The number of benzene rings is 1. The first-order valence-corrected chi connectivity index (χ1v) is 6.70. The monoisotopic (exact) mass is 260 g/mol. The number of hydrogen-bond donors (Lipinski definition) is 2. The van der Waals surface area contributed by atoms with Crippen LogP contribution in [-0.2, 0) is 11.3 Å². The number of piperidine rings is 1. The van der Waals surface area contributed by atoms with Crippen LogP contribution >= 0.6 is 0 Å². The minimum absolute atomic E-state index is 0.123. The van der Waals surface area contributed by atoms with E-state index in [2.05, 4.69) is 20.9 Å². The smallest absolute Gasteiger partial charge is 0.121 e. The van der Waals surface area contributed by atoms with E-state index in [0.29, 0.717) is 0 Å². The van der Waals surface area contributed by atoms with Crippen molar-refractivity contribution in [2.75, 3.05) is 20.2 Å². The minimum Gasteiger partial charge on any atom is -0.379 e. The van der Waals surface area contributed by atoms with Crippen molar-refractivity contribution in [2.45, 2.75) is 25.1 Å². The molecule has 0 saturated carbocycles. The quantitative estimate of drug-likeness (QED) is 0.867. The SMILES string of the molecule is COC1CN(Cc2nc3ccccc3[nH]2)CCC1N. The number of para-hydroxylation sites is 2. The van der Waals surface area contributed by atoms with Crippen LogP contribution in [0.1, 0.15) is 12.2 Å². The molecule has 2 unspecified atom stereocenters. The number of likely N-dealkylation sites (tertiary alicyclic amines) is 1. The Balaban J connectivity index is 1.71. The van der Waals surface area contributed by atoms with Gasteiger partial charge in [0.25, 0.3) is 0 Å². The summed E-state index contributed by atoms with van der Waals surface area (Å²) >= 11 is 0. The Kier molecular flexibility index (Phi) is 3.50. The third kappa shape index (κ3) is 2.63. The van der Waals surface area contributed by atoms with Gasteiger partial charge in [0.15, 0.2) is 0 Å². The third-order valence-corrected chi connectivity index (χ3v) is 3.81.